The molecule has 4 heterocycles. The maximum absolute atomic E-state index is 12.2. The number of thiophene rings is 1. The highest BCUT2D eigenvalue weighted by molar-refractivity contribution is 7.33. The molecule has 0 amide bonds. The Bertz CT molecular complexity index is 7080. The fourth-order valence-corrected chi connectivity index (χ4v) is 20.7. The SMILES string of the molecule is [2H]c1c([2H])c(-n2c3ccccc3c3ccccc32)c([2H])c2c1B1c3sc4cc(C(C)(C)C)ccc4c3N(c3c(-c4ccccc4)cc(C(C)(C)C)cc3-c3ccccc3)c3cc(C(c4ccccc4)(c4ccccc4)c4c5ccccc5c(-c5ccccc5)c5ccccc45)cc(c31)N2c1c(-c2ccccc2)cc(C(C)(C)C)cc1-c1ccccc1. The molecule has 21 rings (SSSR count). The average molecular weight is 1540 g/mol. The van der Waals surface area contributed by atoms with Crippen LogP contribution < -0.4 is 25.5 Å². The summed E-state index contributed by atoms with van der Waals surface area (Å²) in [5, 5.41) is 7.54. The summed E-state index contributed by atoms with van der Waals surface area (Å²) in [6, 6.07) is 135. The lowest BCUT2D eigenvalue weighted by atomic mass is 9.36. The molecule has 0 bridgehead atoms. The molecule has 0 unspecified atom stereocenters. The van der Waals surface area contributed by atoms with Crippen molar-refractivity contribution in [1.82, 2.24) is 4.57 Å². The van der Waals surface area contributed by atoms with Crippen LogP contribution in [-0.2, 0) is 21.7 Å². The van der Waals surface area contributed by atoms with Crippen LogP contribution in [-0.4, -0.2) is 11.3 Å². The normalized spacial score (nSPS) is 13.3. The Morgan fingerprint density at radius 1 is 0.297 bits per heavy atom. The van der Waals surface area contributed by atoms with Gasteiger partial charge in [-0.1, -0.05) is 378 Å². The van der Waals surface area contributed by atoms with Gasteiger partial charge in [-0.05, 0) is 188 Å². The van der Waals surface area contributed by atoms with Gasteiger partial charge in [0.2, 0.25) is 0 Å². The van der Waals surface area contributed by atoms with Gasteiger partial charge in [-0.2, -0.15) is 0 Å². The molecule has 118 heavy (non-hydrogen) atoms. The topological polar surface area (TPSA) is 11.4 Å². The lowest BCUT2D eigenvalue weighted by molar-refractivity contribution is 0.590. The van der Waals surface area contributed by atoms with E-state index < -0.39 is 12.1 Å². The largest absolute Gasteiger partial charge is 0.310 e. The lowest BCUT2D eigenvalue weighted by Crippen LogP contribution is -2.60. The van der Waals surface area contributed by atoms with Gasteiger partial charge in [0.1, 0.15) is 0 Å². The third-order valence-corrected chi connectivity index (χ3v) is 26.2. The van der Waals surface area contributed by atoms with Crippen LogP contribution in [0.2, 0.25) is 0 Å². The molecule has 0 aliphatic carbocycles. The van der Waals surface area contributed by atoms with Gasteiger partial charge in [0, 0.05) is 70.6 Å². The van der Waals surface area contributed by atoms with Crippen molar-refractivity contribution in [2.75, 3.05) is 9.80 Å². The van der Waals surface area contributed by atoms with Crippen molar-refractivity contribution in [1.29, 1.82) is 0 Å². The van der Waals surface area contributed by atoms with Gasteiger partial charge in [0.25, 0.3) is 6.71 Å². The molecule has 2 aliphatic rings. The molecule has 3 nitrogen and oxygen atoms in total. The highest BCUT2D eigenvalue weighted by Crippen LogP contribution is 2.60. The highest BCUT2D eigenvalue weighted by atomic mass is 32.1. The van der Waals surface area contributed by atoms with Gasteiger partial charge in [-0.15, -0.1) is 11.3 Å². The number of fused-ring (bicyclic) bond motifs is 11. The fraction of sp³-hybridized carbons (Fsp3) is 0.115. The Morgan fingerprint density at radius 2 is 0.669 bits per heavy atom. The van der Waals surface area contributed by atoms with Gasteiger partial charge in [-0.25, -0.2) is 0 Å². The minimum Gasteiger partial charge on any atom is -0.310 e. The Balaban J connectivity index is 1.06. The second-order valence-electron chi connectivity index (χ2n) is 35.2. The van der Waals surface area contributed by atoms with Crippen LogP contribution in [0, 0.1) is 0 Å². The van der Waals surface area contributed by atoms with E-state index in [0.717, 1.165) is 176 Å². The summed E-state index contributed by atoms with van der Waals surface area (Å²) in [5.41, 5.74) is 24.9. The zero-order valence-electron chi connectivity index (χ0n) is 71.0. The van der Waals surface area contributed by atoms with Crippen LogP contribution in [0.15, 0.2) is 382 Å². The molecule has 566 valence electrons. The van der Waals surface area contributed by atoms with E-state index in [1.54, 1.807) is 11.3 Å². The second-order valence-corrected chi connectivity index (χ2v) is 36.2. The van der Waals surface area contributed by atoms with E-state index in [9.17, 15) is 4.11 Å². The van der Waals surface area contributed by atoms with Crippen molar-refractivity contribution in [3.05, 3.63) is 421 Å². The van der Waals surface area contributed by atoms with E-state index in [1.807, 2.05) is 0 Å². The van der Waals surface area contributed by atoms with Crippen LogP contribution >= 0.6 is 11.3 Å². The van der Waals surface area contributed by atoms with Crippen molar-refractivity contribution in [2.24, 2.45) is 0 Å². The van der Waals surface area contributed by atoms with Crippen LogP contribution in [0.1, 0.15) is 105 Å². The summed E-state index contributed by atoms with van der Waals surface area (Å²) in [4.78, 5) is 5.17. The van der Waals surface area contributed by atoms with Crippen LogP contribution in [0.4, 0.5) is 34.1 Å². The number of nitrogens with zero attached hydrogens (tertiary/aromatic N) is 3. The molecule has 0 spiro atoms. The minimum atomic E-state index is -1.22. The fourth-order valence-electron chi connectivity index (χ4n) is 19.4. The molecule has 19 aromatic rings. The number of aromatic nitrogens is 1. The maximum atomic E-state index is 12.2. The molecule has 2 aromatic heterocycles. The zero-order chi connectivity index (χ0) is 82.5. The van der Waals surface area contributed by atoms with E-state index in [1.165, 1.54) is 11.1 Å². The lowest BCUT2D eigenvalue weighted by Gasteiger charge is -2.47. The Morgan fingerprint density at radius 3 is 1.10 bits per heavy atom. The van der Waals surface area contributed by atoms with E-state index in [0.29, 0.717) is 16.8 Å². The Labute approximate surface area is 701 Å². The van der Waals surface area contributed by atoms with Crippen molar-refractivity contribution in [3.63, 3.8) is 0 Å². The summed E-state index contributed by atoms with van der Waals surface area (Å²) in [5.74, 6) is 0. The molecule has 5 heteroatoms. The molecule has 2 aliphatic heterocycles. The quantitative estimate of drug-likeness (QED) is 0.0686. The van der Waals surface area contributed by atoms with Crippen LogP contribution in [0.5, 0.6) is 0 Å². The van der Waals surface area contributed by atoms with Gasteiger partial charge in [-0.3, -0.25) is 0 Å². The second kappa shape index (κ2) is 28.0. The van der Waals surface area contributed by atoms with Gasteiger partial charge in [0.15, 0.2) is 0 Å². The molecule has 0 saturated carbocycles. The van der Waals surface area contributed by atoms with Crippen molar-refractivity contribution < 1.29 is 4.11 Å². The summed E-state index contributed by atoms with van der Waals surface area (Å²) < 4.78 is 39.5. The van der Waals surface area contributed by atoms with Crippen molar-refractivity contribution >= 4 is 121 Å². The standard InChI is InChI=1S/C113H90BN3S/c1-110(2,3)80-61-63-91-102(71-80)118-109-108(91)117(107-94(75-43-21-12-22-44-75)67-82(112(7,8)9)68-95(107)76-45-23-13-24-46-76)101-70-83(113(78-49-27-15-28-50-78,79-51-29-16-30-52-79)104-89-57-33-31-55-87(89)103(77-47-25-14-26-48-77)88-56-32-34-58-90(88)104)69-100-105(101)114(109)96-64-62-84(115-97-59-37-35-53-85(97)86-54-36-38-60-98(86)115)72-99(96)116(100)106-92(73-39-17-10-18-40-73)65-81(111(4,5)6)66-93(106)74-41-19-11-20-42-74/h10-72H,1-9H3/i62D,64D,72D. The molecule has 17 aromatic carbocycles. The predicted octanol–water partition coefficient (Wildman–Crippen LogP) is 29.0. The summed E-state index contributed by atoms with van der Waals surface area (Å²) in [6.07, 6.45) is 0. The molecular formula is C113H90BN3S. The van der Waals surface area contributed by atoms with Gasteiger partial charge in [0.05, 0.1) is 37.6 Å². The number of para-hydroxylation sites is 2. The number of benzene rings is 17. The van der Waals surface area contributed by atoms with Gasteiger partial charge < -0.3 is 14.4 Å². The van der Waals surface area contributed by atoms with Crippen LogP contribution in [0.3, 0.4) is 0 Å². The molecular weight excluding hydrogens is 1440 g/mol. The number of rotatable bonds is 12. The molecule has 0 saturated heterocycles. The molecule has 0 fully saturated rings. The van der Waals surface area contributed by atoms with E-state index in [2.05, 4.69) is 441 Å². The number of anilines is 6. The number of hydrogen-bond donors (Lipinski definition) is 0. The zero-order valence-corrected chi connectivity index (χ0v) is 68.8. The third-order valence-electron chi connectivity index (χ3n) is 25.0. The van der Waals surface area contributed by atoms with E-state index in [-0.39, 0.29) is 34.4 Å². The maximum Gasteiger partial charge on any atom is 0.264 e. The first kappa shape index (κ1) is 69.0. The number of hydrogen-bond acceptors (Lipinski definition) is 3. The Kier molecular flexibility index (Phi) is 16.4. The minimum absolute atomic E-state index is 0.0213. The summed E-state index contributed by atoms with van der Waals surface area (Å²) in [7, 11) is 0. The molecule has 0 radical (unpaired) electrons. The average Bonchev–Trinajstić information content (AvgIpc) is 1.66. The summed E-state index contributed by atoms with van der Waals surface area (Å²) in [6.45, 7) is 20.1. The highest BCUT2D eigenvalue weighted by Gasteiger charge is 2.51. The van der Waals surface area contributed by atoms with E-state index in [4.69, 9.17) is 0 Å². The van der Waals surface area contributed by atoms with E-state index >= 15 is 0 Å². The monoisotopic (exact) mass is 1530 g/mol. The Hall–Kier alpha value is -13.3. The molecule has 0 atom stereocenters. The first-order chi connectivity index (χ1) is 58.7. The predicted molar refractivity (Wildman–Crippen MR) is 507 cm³/mol. The first-order valence-corrected chi connectivity index (χ1v) is 42.2. The summed E-state index contributed by atoms with van der Waals surface area (Å²) >= 11 is 1.80. The van der Waals surface area contributed by atoms with Crippen LogP contribution in [0.25, 0.3) is 115 Å². The smallest absolute Gasteiger partial charge is 0.264 e. The van der Waals surface area contributed by atoms with Crippen molar-refractivity contribution in [3.8, 4) is 61.3 Å². The first-order valence-electron chi connectivity index (χ1n) is 42.9. The molecule has 0 N–H and O–H groups in total. The van der Waals surface area contributed by atoms with Gasteiger partial charge >= 0.3 is 0 Å². The van der Waals surface area contributed by atoms with Crippen molar-refractivity contribution in [2.45, 2.75) is 84.0 Å². The third kappa shape index (κ3) is 11.6.